The monoisotopic (exact) mass is 368 g/mol. The van der Waals surface area contributed by atoms with E-state index >= 15 is 0 Å². The van der Waals surface area contributed by atoms with Crippen molar-refractivity contribution in [3.63, 3.8) is 0 Å². The fraction of sp³-hybridized carbons (Fsp3) is 0.357. The number of nitrogens with one attached hydrogen (secondary N) is 1. The van der Waals surface area contributed by atoms with Crippen molar-refractivity contribution in [2.75, 3.05) is 5.32 Å². The molecule has 1 heterocycles. The zero-order valence-corrected chi connectivity index (χ0v) is 14.2. The number of hydrogen-bond donors (Lipinski definition) is 2. The van der Waals surface area contributed by atoms with Crippen molar-refractivity contribution in [1.82, 2.24) is 10.2 Å². The van der Waals surface area contributed by atoms with E-state index in [-0.39, 0.29) is 11.8 Å². The zero-order chi connectivity index (χ0) is 15.4. The third kappa shape index (κ3) is 4.09. The van der Waals surface area contributed by atoms with E-state index < -0.39 is 6.04 Å². The minimum atomic E-state index is -0.534. The number of benzene rings is 1. The number of rotatable bonds is 5. The van der Waals surface area contributed by atoms with Crippen molar-refractivity contribution in [2.24, 2.45) is 11.7 Å². The van der Waals surface area contributed by atoms with Gasteiger partial charge in [-0.05, 0) is 18.1 Å². The Kier molecular flexibility index (Phi) is 5.44. The van der Waals surface area contributed by atoms with E-state index in [2.05, 4.69) is 31.4 Å². The predicted octanol–water partition coefficient (Wildman–Crippen LogP) is 3.28. The van der Waals surface area contributed by atoms with Crippen LogP contribution in [-0.4, -0.2) is 22.1 Å². The molecule has 1 aromatic carbocycles. The Morgan fingerprint density at radius 1 is 1.48 bits per heavy atom. The molecular weight excluding hydrogens is 352 g/mol. The van der Waals surface area contributed by atoms with Crippen LogP contribution in [0.4, 0.5) is 5.13 Å². The Labute approximate surface area is 136 Å². The number of hydrogen-bond acceptors (Lipinski definition) is 5. The van der Waals surface area contributed by atoms with E-state index in [4.69, 9.17) is 5.73 Å². The molecule has 2 aromatic rings. The molecule has 2 atom stereocenters. The molecule has 2 rings (SSSR count). The number of aromatic nitrogens is 2. The van der Waals surface area contributed by atoms with Crippen LogP contribution < -0.4 is 11.1 Å². The van der Waals surface area contributed by atoms with E-state index in [1.54, 1.807) is 0 Å². The molecule has 3 N–H and O–H groups in total. The summed E-state index contributed by atoms with van der Waals surface area (Å²) in [5.74, 6) is -0.0937. The lowest BCUT2D eigenvalue weighted by molar-refractivity contribution is -0.118. The van der Waals surface area contributed by atoms with Crippen molar-refractivity contribution in [3.8, 4) is 10.6 Å². The molecule has 112 valence electrons. The van der Waals surface area contributed by atoms with Crippen LogP contribution in [0, 0.1) is 5.92 Å². The first-order chi connectivity index (χ1) is 10.0. The molecule has 0 saturated heterocycles. The third-order valence-corrected chi connectivity index (χ3v) is 4.67. The van der Waals surface area contributed by atoms with Gasteiger partial charge in [0, 0.05) is 10.0 Å². The minimum absolute atomic E-state index is 0.127. The molecule has 0 spiro atoms. The topological polar surface area (TPSA) is 80.9 Å². The average molecular weight is 369 g/mol. The standard InChI is InChI=1S/C14H17BrN4OS/c1-3-8(2)11(16)12(20)17-14-19-18-13(21-14)9-5-4-6-10(15)7-9/h4-8,11H,3,16H2,1-2H3,(H,17,19,20). The fourth-order valence-electron chi connectivity index (χ4n) is 1.71. The van der Waals surface area contributed by atoms with Crippen molar-refractivity contribution in [2.45, 2.75) is 26.3 Å². The van der Waals surface area contributed by atoms with Crippen molar-refractivity contribution < 1.29 is 4.79 Å². The number of halogens is 1. The van der Waals surface area contributed by atoms with Crippen LogP contribution in [0.15, 0.2) is 28.7 Å². The molecule has 0 fully saturated rings. The summed E-state index contributed by atoms with van der Waals surface area (Å²) in [6.45, 7) is 3.96. The quantitative estimate of drug-likeness (QED) is 0.848. The molecule has 0 radical (unpaired) electrons. The van der Waals surface area contributed by atoms with Crippen molar-refractivity contribution >= 4 is 38.3 Å². The zero-order valence-electron chi connectivity index (χ0n) is 11.8. The SMILES string of the molecule is CCC(C)C(N)C(=O)Nc1nnc(-c2cccc(Br)c2)s1. The number of carbonyl (C=O) groups is 1. The van der Waals surface area contributed by atoms with E-state index in [0.717, 1.165) is 21.5 Å². The number of carbonyl (C=O) groups excluding carboxylic acids is 1. The van der Waals surface area contributed by atoms with Gasteiger partial charge in [-0.1, -0.05) is 59.7 Å². The maximum Gasteiger partial charge on any atom is 0.243 e. The molecule has 0 aliphatic heterocycles. The summed E-state index contributed by atoms with van der Waals surface area (Å²) < 4.78 is 0.972. The van der Waals surface area contributed by atoms with Gasteiger partial charge in [0.1, 0.15) is 5.01 Å². The molecule has 1 amide bonds. The first-order valence-electron chi connectivity index (χ1n) is 6.67. The van der Waals surface area contributed by atoms with Gasteiger partial charge in [-0.25, -0.2) is 0 Å². The maximum absolute atomic E-state index is 12.0. The van der Waals surface area contributed by atoms with Crippen LogP contribution in [0.1, 0.15) is 20.3 Å². The van der Waals surface area contributed by atoms with Gasteiger partial charge in [-0.2, -0.15) is 0 Å². The van der Waals surface area contributed by atoms with Gasteiger partial charge in [0.2, 0.25) is 11.0 Å². The molecule has 0 saturated carbocycles. The number of nitrogens with zero attached hydrogens (tertiary/aromatic N) is 2. The molecule has 0 aliphatic carbocycles. The first-order valence-corrected chi connectivity index (χ1v) is 8.28. The van der Waals surface area contributed by atoms with Crippen molar-refractivity contribution in [3.05, 3.63) is 28.7 Å². The Morgan fingerprint density at radius 2 is 2.24 bits per heavy atom. The van der Waals surface area contributed by atoms with Gasteiger partial charge in [-0.3, -0.25) is 10.1 Å². The maximum atomic E-state index is 12.0. The normalized spacial score (nSPS) is 13.7. The third-order valence-electron chi connectivity index (χ3n) is 3.29. The minimum Gasteiger partial charge on any atom is -0.320 e. The van der Waals surface area contributed by atoms with Crippen LogP contribution in [0.25, 0.3) is 10.6 Å². The van der Waals surface area contributed by atoms with Gasteiger partial charge < -0.3 is 5.73 Å². The second-order valence-corrected chi connectivity index (χ2v) is 6.72. The molecule has 0 bridgehead atoms. The average Bonchev–Trinajstić information content (AvgIpc) is 2.94. The molecule has 0 aliphatic rings. The highest BCUT2D eigenvalue weighted by Crippen LogP contribution is 2.28. The van der Waals surface area contributed by atoms with E-state index in [9.17, 15) is 4.79 Å². The number of amides is 1. The highest BCUT2D eigenvalue weighted by molar-refractivity contribution is 9.10. The van der Waals surface area contributed by atoms with Gasteiger partial charge in [0.15, 0.2) is 0 Å². The van der Waals surface area contributed by atoms with E-state index in [1.807, 2.05) is 38.1 Å². The Balaban J connectivity index is 2.08. The number of nitrogens with two attached hydrogens (primary N) is 1. The molecule has 2 unspecified atom stereocenters. The van der Waals surface area contributed by atoms with Crippen LogP contribution >= 0.6 is 27.3 Å². The van der Waals surface area contributed by atoms with Gasteiger partial charge >= 0.3 is 0 Å². The summed E-state index contributed by atoms with van der Waals surface area (Å²) in [5, 5.41) is 12.0. The lowest BCUT2D eigenvalue weighted by atomic mass is 10.00. The molecule has 7 heteroatoms. The Bertz CT molecular complexity index is 631. The molecule has 1 aromatic heterocycles. The largest absolute Gasteiger partial charge is 0.320 e. The Hall–Kier alpha value is -1.31. The molecule has 21 heavy (non-hydrogen) atoms. The lowest BCUT2D eigenvalue weighted by Gasteiger charge is -2.16. The summed E-state index contributed by atoms with van der Waals surface area (Å²) in [5.41, 5.74) is 6.85. The lowest BCUT2D eigenvalue weighted by Crippen LogP contribution is -2.40. The number of anilines is 1. The van der Waals surface area contributed by atoms with Crippen LogP contribution in [0.3, 0.4) is 0 Å². The van der Waals surface area contributed by atoms with Crippen molar-refractivity contribution in [1.29, 1.82) is 0 Å². The fourth-order valence-corrected chi connectivity index (χ4v) is 2.86. The highest BCUT2D eigenvalue weighted by atomic mass is 79.9. The van der Waals surface area contributed by atoms with E-state index in [0.29, 0.717) is 5.13 Å². The van der Waals surface area contributed by atoms with Gasteiger partial charge in [0.05, 0.1) is 6.04 Å². The summed E-state index contributed by atoms with van der Waals surface area (Å²) >= 11 is 4.75. The van der Waals surface area contributed by atoms with Crippen LogP contribution in [0.2, 0.25) is 0 Å². The summed E-state index contributed by atoms with van der Waals surface area (Å²) in [6, 6.07) is 7.24. The summed E-state index contributed by atoms with van der Waals surface area (Å²) in [7, 11) is 0. The Morgan fingerprint density at radius 3 is 2.90 bits per heavy atom. The van der Waals surface area contributed by atoms with E-state index in [1.165, 1.54) is 11.3 Å². The van der Waals surface area contributed by atoms with Crippen LogP contribution in [0.5, 0.6) is 0 Å². The first kappa shape index (κ1) is 16.1. The predicted molar refractivity (Wildman–Crippen MR) is 89.1 cm³/mol. The van der Waals surface area contributed by atoms with Gasteiger partial charge in [0.25, 0.3) is 0 Å². The second-order valence-electron chi connectivity index (χ2n) is 4.82. The smallest absolute Gasteiger partial charge is 0.243 e. The van der Waals surface area contributed by atoms with Crippen LogP contribution in [-0.2, 0) is 4.79 Å². The second kappa shape index (κ2) is 7.11. The molecular formula is C14H17BrN4OS. The molecule has 5 nitrogen and oxygen atoms in total. The van der Waals surface area contributed by atoms with Gasteiger partial charge in [-0.15, -0.1) is 10.2 Å². The highest BCUT2D eigenvalue weighted by Gasteiger charge is 2.20. The summed E-state index contributed by atoms with van der Waals surface area (Å²) in [4.78, 5) is 12.0. The summed E-state index contributed by atoms with van der Waals surface area (Å²) in [6.07, 6.45) is 0.855.